The van der Waals surface area contributed by atoms with Crippen molar-refractivity contribution in [2.75, 3.05) is 19.8 Å². The van der Waals surface area contributed by atoms with Gasteiger partial charge in [0.2, 0.25) is 0 Å². The SMILES string of the molecule is CCC(C)(C(C)COC(C)(C)C(C)(C)CCOC(C)C)C(C)(C)OCCC(C)(C)O. The summed E-state index contributed by atoms with van der Waals surface area (Å²) in [4.78, 5) is 0. The summed E-state index contributed by atoms with van der Waals surface area (Å²) in [6.07, 6.45) is 2.84. The molecule has 4 heteroatoms. The van der Waals surface area contributed by atoms with Gasteiger partial charge in [-0.1, -0.05) is 34.6 Å². The Morgan fingerprint density at radius 1 is 0.733 bits per heavy atom. The van der Waals surface area contributed by atoms with Crippen LogP contribution in [0.4, 0.5) is 0 Å². The molecule has 0 aromatic carbocycles. The van der Waals surface area contributed by atoms with Gasteiger partial charge in [0.25, 0.3) is 0 Å². The van der Waals surface area contributed by atoms with Crippen LogP contribution in [0.25, 0.3) is 0 Å². The third-order valence-electron chi connectivity index (χ3n) is 7.88. The number of hydrogen-bond acceptors (Lipinski definition) is 4. The Kier molecular flexibility index (Phi) is 11.1. The molecule has 0 aliphatic rings. The van der Waals surface area contributed by atoms with E-state index in [9.17, 15) is 5.11 Å². The fraction of sp³-hybridized carbons (Fsp3) is 1.00. The maximum atomic E-state index is 10.0. The first-order valence-electron chi connectivity index (χ1n) is 11.9. The molecule has 2 unspecified atom stereocenters. The molecular formula is C26H54O4. The van der Waals surface area contributed by atoms with Crippen LogP contribution < -0.4 is 0 Å². The minimum Gasteiger partial charge on any atom is -0.390 e. The largest absolute Gasteiger partial charge is 0.390 e. The lowest BCUT2D eigenvalue weighted by atomic mass is 9.65. The molecule has 0 saturated heterocycles. The van der Waals surface area contributed by atoms with Gasteiger partial charge in [0, 0.05) is 12.0 Å². The summed E-state index contributed by atoms with van der Waals surface area (Å²) in [7, 11) is 0. The first-order chi connectivity index (χ1) is 13.3. The summed E-state index contributed by atoms with van der Waals surface area (Å²) in [6, 6.07) is 0. The highest BCUT2D eigenvalue weighted by atomic mass is 16.5. The van der Waals surface area contributed by atoms with E-state index >= 15 is 0 Å². The molecule has 2 atom stereocenters. The molecule has 4 nitrogen and oxygen atoms in total. The van der Waals surface area contributed by atoms with E-state index in [4.69, 9.17) is 14.2 Å². The van der Waals surface area contributed by atoms with E-state index < -0.39 is 5.60 Å². The van der Waals surface area contributed by atoms with Crippen LogP contribution in [0.1, 0.15) is 109 Å². The van der Waals surface area contributed by atoms with Crippen molar-refractivity contribution in [3.8, 4) is 0 Å². The number of rotatable bonds is 15. The molecule has 0 rings (SSSR count). The van der Waals surface area contributed by atoms with Crippen LogP contribution in [0.15, 0.2) is 0 Å². The molecule has 0 aromatic rings. The molecule has 0 saturated carbocycles. The molecule has 0 aliphatic heterocycles. The molecule has 1 N–H and O–H groups in total. The van der Waals surface area contributed by atoms with Crippen molar-refractivity contribution < 1.29 is 19.3 Å². The first-order valence-corrected chi connectivity index (χ1v) is 11.9. The van der Waals surface area contributed by atoms with Crippen LogP contribution in [-0.2, 0) is 14.2 Å². The van der Waals surface area contributed by atoms with Gasteiger partial charge in [-0.2, -0.15) is 0 Å². The minimum atomic E-state index is -0.706. The molecular weight excluding hydrogens is 376 g/mol. The van der Waals surface area contributed by atoms with Crippen molar-refractivity contribution in [3.63, 3.8) is 0 Å². The molecule has 0 fully saturated rings. The highest BCUT2D eigenvalue weighted by molar-refractivity contribution is 4.95. The van der Waals surface area contributed by atoms with E-state index in [1.807, 2.05) is 13.8 Å². The maximum absolute atomic E-state index is 10.0. The summed E-state index contributed by atoms with van der Waals surface area (Å²) < 4.78 is 18.7. The zero-order valence-corrected chi connectivity index (χ0v) is 22.6. The highest BCUT2D eigenvalue weighted by Gasteiger charge is 2.46. The molecule has 0 radical (unpaired) electrons. The summed E-state index contributed by atoms with van der Waals surface area (Å²) >= 11 is 0. The highest BCUT2D eigenvalue weighted by Crippen LogP contribution is 2.45. The number of aliphatic hydroxyl groups is 1. The monoisotopic (exact) mass is 430 g/mol. The molecule has 182 valence electrons. The van der Waals surface area contributed by atoms with Crippen molar-refractivity contribution in [2.45, 2.75) is 132 Å². The van der Waals surface area contributed by atoms with Crippen LogP contribution in [0.2, 0.25) is 0 Å². The van der Waals surface area contributed by atoms with Gasteiger partial charge in [0.05, 0.1) is 36.1 Å². The van der Waals surface area contributed by atoms with Gasteiger partial charge in [-0.3, -0.25) is 0 Å². The fourth-order valence-corrected chi connectivity index (χ4v) is 3.65. The molecule has 0 heterocycles. The molecule has 0 aromatic heterocycles. The van der Waals surface area contributed by atoms with Crippen molar-refractivity contribution in [3.05, 3.63) is 0 Å². The van der Waals surface area contributed by atoms with Gasteiger partial charge < -0.3 is 19.3 Å². The fourth-order valence-electron chi connectivity index (χ4n) is 3.65. The van der Waals surface area contributed by atoms with E-state index in [0.717, 1.165) is 19.4 Å². The van der Waals surface area contributed by atoms with Gasteiger partial charge in [-0.05, 0) is 86.0 Å². The van der Waals surface area contributed by atoms with Crippen LogP contribution in [-0.4, -0.2) is 47.8 Å². The lowest BCUT2D eigenvalue weighted by molar-refractivity contribution is -0.170. The predicted molar refractivity (Wildman–Crippen MR) is 128 cm³/mol. The normalized spacial score (nSPS) is 17.3. The first kappa shape index (κ1) is 29.8. The van der Waals surface area contributed by atoms with Crippen molar-refractivity contribution in [1.82, 2.24) is 0 Å². The lowest BCUT2D eigenvalue weighted by Gasteiger charge is -2.49. The van der Waals surface area contributed by atoms with Crippen LogP contribution >= 0.6 is 0 Å². The Hall–Kier alpha value is -0.160. The Morgan fingerprint density at radius 2 is 1.27 bits per heavy atom. The zero-order chi connectivity index (χ0) is 24.0. The second-order valence-electron chi connectivity index (χ2n) is 12.0. The Labute approximate surface area is 188 Å². The zero-order valence-electron chi connectivity index (χ0n) is 22.6. The number of ether oxygens (including phenoxy) is 3. The average molecular weight is 431 g/mol. The minimum absolute atomic E-state index is 0.00293. The van der Waals surface area contributed by atoms with E-state index in [-0.39, 0.29) is 28.1 Å². The average Bonchev–Trinajstić information content (AvgIpc) is 2.56. The predicted octanol–water partition coefficient (Wildman–Crippen LogP) is 6.63. The summed E-state index contributed by atoms with van der Waals surface area (Å²) in [6.45, 7) is 29.9. The van der Waals surface area contributed by atoms with E-state index in [1.54, 1.807) is 0 Å². The van der Waals surface area contributed by atoms with Crippen molar-refractivity contribution >= 4 is 0 Å². The van der Waals surface area contributed by atoms with Gasteiger partial charge in [-0.15, -0.1) is 0 Å². The summed E-state index contributed by atoms with van der Waals surface area (Å²) in [5, 5.41) is 10.0. The van der Waals surface area contributed by atoms with Crippen molar-refractivity contribution in [2.24, 2.45) is 16.7 Å². The molecule has 0 spiro atoms. The summed E-state index contributed by atoms with van der Waals surface area (Å²) in [5.74, 6) is 0.321. The summed E-state index contributed by atoms with van der Waals surface area (Å²) in [5.41, 5.74) is -1.33. The third-order valence-corrected chi connectivity index (χ3v) is 7.88. The van der Waals surface area contributed by atoms with Gasteiger partial charge in [-0.25, -0.2) is 0 Å². The van der Waals surface area contributed by atoms with Crippen LogP contribution in [0.5, 0.6) is 0 Å². The van der Waals surface area contributed by atoms with Gasteiger partial charge in [0.1, 0.15) is 0 Å². The van der Waals surface area contributed by atoms with E-state index in [1.165, 1.54) is 0 Å². The van der Waals surface area contributed by atoms with Crippen molar-refractivity contribution in [1.29, 1.82) is 0 Å². The second kappa shape index (κ2) is 11.1. The molecule has 0 bridgehead atoms. The lowest BCUT2D eigenvalue weighted by Crippen LogP contribution is -2.51. The molecule has 0 amide bonds. The third kappa shape index (κ3) is 8.76. The van der Waals surface area contributed by atoms with E-state index in [2.05, 4.69) is 76.2 Å². The second-order valence-corrected chi connectivity index (χ2v) is 12.0. The Balaban J connectivity index is 5.08. The van der Waals surface area contributed by atoms with Crippen LogP contribution in [0.3, 0.4) is 0 Å². The Bertz CT molecular complexity index is 488. The number of hydrogen-bond donors (Lipinski definition) is 1. The smallest absolute Gasteiger partial charge is 0.0683 e. The standard InChI is InChI=1S/C26H54O4/c1-14-26(13,25(11,12)29-18-16-23(7,8)27)21(4)19-30-24(9,10)22(5,6)15-17-28-20(2)3/h20-21,27H,14-19H2,1-13H3. The van der Waals surface area contributed by atoms with E-state index in [0.29, 0.717) is 25.6 Å². The quantitative estimate of drug-likeness (QED) is 0.317. The maximum Gasteiger partial charge on any atom is 0.0683 e. The Morgan fingerprint density at radius 3 is 1.70 bits per heavy atom. The molecule has 0 aliphatic carbocycles. The molecule has 30 heavy (non-hydrogen) atoms. The van der Waals surface area contributed by atoms with Gasteiger partial charge >= 0.3 is 0 Å². The van der Waals surface area contributed by atoms with Crippen LogP contribution in [0, 0.1) is 16.7 Å². The van der Waals surface area contributed by atoms with Gasteiger partial charge in [0.15, 0.2) is 0 Å². The topological polar surface area (TPSA) is 47.9 Å².